The van der Waals surface area contributed by atoms with Gasteiger partial charge >= 0.3 is 0 Å². The molecule has 1 aromatic rings. The summed E-state index contributed by atoms with van der Waals surface area (Å²) in [6, 6.07) is 10.2. The third-order valence-corrected chi connectivity index (χ3v) is 4.17. The highest BCUT2D eigenvalue weighted by atomic mass is 32.2. The van der Waals surface area contributed by atoms with E-state index in [1.54, 1.807) is 11.8 Å². The molecule has 2 nitrogen and oxygen atoms in total. The molecule has 1 aromatic carbocycles. The van der Waals surface area contributed by atoms with Crippen LogP contribution in [0.15, 0.2) is 35.2 Å². The first-order valence-electron chi connectivity index (χ1n) is 6.51. The van der Waals surface area contributed by atoms with Crippen molar-refractivity contribution in [1.82, 2.24) is 0 Å². The summed E-state index contributed by atoms with van der Waals surface area (Å²) in [5.74, 6) is 1.42. The number of thioether (sulfide) groups is 1. The Balaban J connectivity index is 2.47. The van der Waals surface area contributed by atoms with E-state index in [1.165, 1.54) is 4.90 Å². The van der Waals surface area contributed by atoms with E-state index < -0.39 is 0 Å². The number of benzene rings is 1. The first-order valence-corrected chi connectivity index (χ1v) is 7.50. The van der Waals surface area contributed by atoms with Gasteiger partial charge in [0.15, 0.2) is 0 Å². The van der Waals surface area contributed by atoms with Gasteiger partial charge in [0.1, 0.15) is 0 Å². The normalized spacial score (nSPS) is 12.1. The van der Waals surface area contributed by atoms with Crippen molar-refractivity contribution in [2.75, 3.05) is 19.0 Å². The van der Waals surface area contributed by atoms with Crippen LogP contribution in [-0.2, 0) is 0 Å². The maximum Gasteiger partial charge on any atom is 0.0509 e. The Morgan fingerprint density at radius 3 is 2.22 bits per heavy atom. The van der Waals surface area contributed by atoms with Crippen LogP contribution in [0, 0.1) is 11.3 Å². The lowest BCUT2D eigenvalue weighted by molar-refractivity contribution is 0.0346. The minimum absolute atomic E-state index is 0.0665. The first-order chi connectivity index (χ1) is 8.62. The van der Waals surface area contributed by atoms with Gasteiger partial charge in [-0.1, -0.05) is 32.0 Å². The Bertz CT molecular complexity index is 321. The molecule has 1 rings (SSSR count). The third-order valence-electron chi connectivity index (χ3n) is 3.16. The molecular formula is C15H24O2S. The molecule has 0 aliphatic carbocycles. The van der Waals surface area contributed by atoms with Crippen LogP contribution >= 0.6 is 11.8 Å². The van der Waals surface area contributed by atoms with Gasteiger partial charge in [-0.2, -0.15) is 0 Å². The van der Waals surface area contributed by atoms with E-state index in [1.807, 2.05) is 18.2 Å². The van der Waals surface area contributed by atoms with E-state index in [-0.39, 0.29) is 18.6 Å². The molecule has 0 radical (unpaired) electrons. The zero-order valence-electron chi connectivity index (χ0n) is 11.3. The van der Waals surface area contributed by atoms with E-state index in [4.69, 9.17) is 0 Å². The Labute approximate surface area is 114 Å². The van der Waals surface area contributed by atoms with E-state index >= 15 is 0 Å². The van der Waals surface area contributed by atoms with Crippen LogP contribution in [0.3, 0.4) is 0 Å². The summed E-state index contributed by atoms with van der Waals surface area (Å²) in [5.41, 5.74) is -0.323. The number of aliphatic hydroxyl groups excluding tert-OH is 2. The van der Waals surface area contributed by atoms with Gasteiger partial charge in [0.2, 0.25) is 0 Å². The predicted molar refractivity (Wildman–Crippen MR) is 77.8 cm³/mol. The molecule has 3 heteroatoms. The van der Waals surface area contributed by atoms with Crippen LogP contribution < -0.4 is 0 Å². The molecule has 0 saturated carbocycles. The molecular weight excluding hydrogens is 244 g/mol. The van der Waals surface area contributed by atoms with E-state index in [9.17, 15) is 10.2 Å². The largest absolute Gasteiger partial charge is 0.396 e. The molecule has 0 spiro atoms. The van der Waals surface area contributed by atoms with Gasteiger partial charge in [0, 0.05) is 10.3 Å². The minimum atomic E-state index is -0.323. The van der Waals surface area contributed by atoms with Crippen molar-refractivity contribution < 1.29 is 10.2 Å². The molecule has 0 bridgehead atoms. The SMILES string of the molecule is CC(C)CC(CO)(CO)CCSc1ccccc1. The number of rotatable bonds is 8. The number of aliphatic hydroxyl groups is 2. The quantitative estimate of drug-likeness (QED) is 0.711. The van der Waals surface area contributed by atoms with Crippen molar-refractivity contribution in [2.24, 2.45) is 11.3 Å². The lowest BCUT2D eigenvalue weighted by atomic mass is 9.79. The lowest BCUT2D eigenvalue weighted by Crippen LogP contribution is -2.32. The highest BCUT2D eigenvalue weighted by molar-refractivity contribution is 7.99. The van der Waals surface area contributed by atoms with E-state index in [0.717, 1.165) is 18.6 Å². The van der Waals surface area contributed by atoms with Crippen molar-refractivity contribution >= 4 is 11.8 Å². The topological polar surface area (TPSA) is 40.5 Å². The molecule has 0 unspecified atom stereocenters. The maximum absolute atomic E-state index is 9.55. The molecule has 0 heterocycles. The highest BCUT2D eigenvalue weighted by Gasteiger charge is 2.29. The number of hydrogen-bond donors (Lipinski definition) is 2. The van der Waals surface area contributed by atoms with E-state index in [2.05, 4.69) is 26.0 Å². The Morgan fingerprint density at radius 2 is 1.72 bits per heavy atom. The minimum Gasteiger partial charge on any atom is -0.396 e. The van der Waals surface area contributed by atoms with Gasteiger partial charge in [-0.05, 0) is 36.6 Å². The second kappa shape index (κ2) is 7.82. The van der Waals surface area contributed by atoms with Crippen LogP contribution in [0.5, 0.6) is 0 Å². The molecule has 0 aliphatic rings. The molecule has 0 saturated heterocycles. The maximum atomic E-state index is 9.55. The zero-order chi connectivity index (χ0) is 13.4. The van der Waals surface area contributed by atoms with Gasteiger partial charge in [-0.25, -0.2) is 0 Å². The van der Waals surface area contributed by atoms with Crippen LogP contribution in [0.2, 0.25) is 0 Å². The predicted octanol–water partition coefficient (Wildman–Crippen LogP) is 3.19. The molecule has 102 valence electrons. The Morgan fingerprint density at radius 1 is 1.11 bits per heavy atom. The summed E-state index contributed by atoms with van der Waals surface area (Å²) in [7, 11) is 0. The molecule has 0 atom stereocenters. The van der Waals surface area contributed by atoms with Crippen molar-refractivity contribution in [3.63, 3.8) is 0 Å². The van der Waals surface area contributed by atoms with Gasteiger partial charge < -0.3 is 10.2 Å². The Kier molecular flexibility index (Phi) is 6.76. The third kappa shape index (κ3) is 5.01. The fraction of sp³-hybridized carbons (Fsp3) is 0.600. The molecule has 18 heavy (non-hydrogen) atoms. The van der Waals surface area contributed by atoms with Crippen molar-refractivity contribution in [3.8, 4) is 0 Å². The summed E-state index contributed by atoms with van der Waals surface area (Å²) in [6.45, 7) is 4.39. The van der Waals surface area contributed by atoms with E-state index in [0.29, 0.717) is 5.92 Å². The summed E-state index contributed by atoms with van der Waals surface area (Å²) < 4.78 is 0. The lowest BCUT2D eigenvalue weighted by Gasteiger charge is -2.31. The molecule has 2 N–H and O–H groups in total. The monoisotopic (exact) mass is 268 g/mol. The van der Waals surface area contributed by atoms with Gasteiger partial charge in [-0.3, -0.25) is 0 Å². The standard InChI is InChI=1S/C15H24O2S/c1-13(2)10-15(11-16,12-17)8-9-18-14-6-4-3-5-7-14/h3-7,13,16-17H,8-12H2,1-2H3. The summed E-state index contributed by atoms with van der Waals surface area (Å²) >= 11 is 1.78. The first kappa shape index (κ1) is 15.5. The average molecular weight is 268 g/mol. The molecule has 0 fully saturated rings. The molecule has 0 aromatic heterocycles. The van der Waals surface area contributed by atoms with Gasteiger partial charge in [0.25, 0.3) is 0 Å². The smallest absolute Gasteiger partial charge is 0.0509 e. The van der Waals surface area contributed by atoms with Crippen molar-refractivity contribution in [1.29, 1.82) is 0 Å². The second-order valence-electron chi connectivity index (χ2n) is 5.33. The number of hydrogen-bond acceptors (Lipinski definition) is 3. The van der Waals surface area contributed by atoms with Crippen LogP contribution in [0.1, 0.15) is 26.7 Å². The fourth-order valence-electron chi connectivity index (χ4n) is 2.21. The summed E-state index contributed by atoms with van der Waals surface area (Å²) in [5, 5.41) is 19.1. The van der Waals surface area contributed by atoms with Crippen LogP contribution in [0.4, 0.5) is 0 Å². The second-order valence-corrected chi connectivity index (χ2v) is 6.49. The van der Waals surface area contributed by atoms with Crippen molar-refractivity contribution in [2.45, 2.75) is 31.6 Å². The van der Waals surface area contributed by atoms with Crippen molar-refractivity contribution in [3.05, 3.63) is 30.3 Å². The Hall–Kier alpha value is -0.510. The van der Waals surface area contributed by atoms with Gasteiger partial charge in [-0.15, -0.1) is 11.8 Å². The fourth-order valence-corrected chi connectivity index (χ4v) is 3.33. The van der Waals surface area contributed by atoms with Crippen LogP contribution in [0.25, 0.3) is 0 Å². The highest BCUT2D eigenvalue weighted by Crippen LogP contribution is 2.32. The molecule has 0 amide bonds. The molecule has 0 aliphatic heterocycles. The summed E-state index contributed by atoms with van der Waals surface area (Å²) in [6.07, 6.45) is 1.72. The zero-order valence-corrected chi connectivity index (χ0v) is 12.1. The summed E-state index contributed by atoms with van der Waals surface area (Å²) in [4.78, 5) is 1.24. The van der Waals surface area contributed by atoms with Crippen LogP contribution in [-0.4, -0.2) is 29.2 Å². The average Bonchev–Trinajstić information content (AvgIpc) is 2.38. The van der Waals surface area contributed by atoms with Gasteiger partial charge in [0.05, 0.1) is 13.2 Å².